The number of hydrogen-bond donors (Lipinski definition) is 0. The molecule has 3 fully saturated rings. The third kappa shape index (κ3) is 2.67. The van der Waals surface area contributed by atoms with Crippen LogP contribution in [0.2, 0.25) is 0 Å². The molecule has 0 bridgehead atoms. The fourth-order valence-electron chi connectivity index (χ4n) is 3.90. The molecular weight excluding hydrogens is 238 g/mol. The van der Waals surface area contributed by atoms with E-state index < -0.39 is 0 Å². The molecule has 3 rings (SSSR count). The van der Waals surface area contributed by atoms with Gasteiger partial charge in [-0.05, 0) is 43.9 Å². The van der Waals surface area contributed by atoms with Gasteiger partial charge in [0.15, 0.2) is 0 Å². The summed E-state index contributed by atoms with van der Waals surface area (Å²) < 4.78 is 5.34. The highest BCUT2D eigenvalue weighted by Gasteiger charge is 2.49. The maximum atomic E-state index is 12.4. The lowest BCUT2D eigenvalue weighted by atomic mass is 9.61. The number of rotatable bonds is 1. The first-order valence-corrected chi connectivity index (χ1v) is 7.86. The van der Waals surface area contributed by atoms with Crippen LogP contribution in [0.15, 0.2) is 0 Å². The molecule has 1 aliphatic carbocycles. The molecule has 108 valence electrons. The predicted octanol–water partition coefficient (Wildman–Crippen LogP) is 2.84. The van der Waals surface area contributed by atoms with Crippen LogP contribution in [-0.4, -0.2) is 37.1 Å². The lowest BCUT2D eigenvalue weighted by molar-refractivity contribution is -0.154. The van der Waals surface area contributed by atoms with E-state index in [9.17, 15) is 4.79 Å². The molecule has 1 amide bonds. The van der Waals surface area contributed by atoms with Crippen molar-refractivity contribution in [1.29, 1.82) is 0 Å². The summed E-state index contributed by atoms with van der Waals surface area (Å²) in [6.45, 7) is 8.35. The standard InChI is InChI=1S/C16H27NO2/c1-15(2)5-7-16(8-6-15)11-17(12-16)14(18)13-3-9-19-10-4-13/h13H,3-12H2,1-2H3. The average Bonchev–Trinajstić information content (AvgIpc) is 2.37. The van der Waals surface area contributed by atoms with Crippen LogP contribution < -0.4 is 0 Å². The van der Waals surface area contributed by atoms with Gasteiger partial charge < -0.3 is 9.64 Å². The van der Waals surface area contributed by atoms with E-state index in [0.29, 0.717) is 16.7 Å². The van der Waals surface area contributed by atoms with Crippen LogP contribution in [0.1, 0.15) is 52.4 Å². The van der Waals surface area contributed by atoms with Crippen molar-refractivity contribution in [3.63, 3.8) is 0 Å². The van der Waals surface area contributed by atoms with Crippen LogP contribution in [0.4, 0.5) is 0 Å². The minimum atomic E-state index is 0.242. The van der Waals surface area contributed by atoms with Gasteiger partial charge in [0, 0.05) is 37.6 Å². The van der Waals surface area contributed by atoms with Crippen molar-refractivity contribution >= 4 is 5.91 Å². The Labute approximate surface area is 116 Å². The van der Waals surface area contributed by atoms with Crippen LogP contribution in [0, 0.1) is 16.7 Å². The van der Waals surface area contributed by atoms with E-state index in [1.54, 1.807) is 0 Å². The minimum absolute atomic E-state index is 0.242. The Kier molecular flexibility index (Phi) is 3.36. The van der Waals surface area contributed by atoms with Gasteiger partial charge in [-0.15, -0.1) is 0 Å². The summed E-state index contributed by atoms with van der Waals surface area (Å²) in [5.74, 6) is 0.643. The largest absolute Gasteiger partial charge is 0.381 e. The highest BCUT2D eigenvalue weighted by molar-refractivity contribution is 5.80. The third-order valence-corrected chi connectivity index (χ3v) is 5.60. The predicted molar refractivity (Wildman–Crippen MR) is 74.8 cm³/mol. The van der Waals surface area contributed by atoms with Crippen LogP contribution in [0.5, 0.6) is 0 Å². The second-order valence-electron chi connectivity index (χ2n) is 7.75. The van der Waals surface area contributed by atoms with Crippen LogP contribution >= 0.6 is 0 Å². The molecule has 2 heterocycles. The molecule has 2 aliphatic heterocycles. The second kappa shape index (κ2) is 4.76. The average molecular weight is 265 g/mol. The van der Waals surface area contributed by atoms with Gasteiger partial charge in [-0.2, -0.15) is 0 Å². The zero-order valence-electron chi connectivity index (χ0n) is 12.4. The zero-order chi connectivity index (χ0) is 13.5. The first-order valence-electron chi connectivity index (χ1n) is 7.86. The highest BCUT2D eigenvalue weighted by atomic mass is 16.5. The molecule has 1 spiro atoms. The van der Waals surface area contributed by atoms with Gasteiger partial charge in [0.2, 0.25) is 5.91 Å². The number of carbonyl (C=O) groups excluding carboxylic acids is 1. The molecule has 1 saturated carbocycles. The Morgan fingerprint density at radius 2 is 1.63 bits per heavy atom. The van der Waals surface area contributed by atoms with Crippen molar-refractivity contribution in [2.75, 3.05) is 26.3 Å². The van der Waals surface area contributed by atoms with Gasteiger partial charge in [0.25, 0.3) is 0 Å². The van der Waals surface area contributed by atoms with E-state index in [2.05, 4.69) is 18.7 Å². The molecule has 3 nitrogen and oxygen atoms in total. The first-order chi connectivity index (χ1) is 9.00. The number of amides is 1. The lowest BCUT2D eigenvalue weighted by Gasteiger charge is -2.55. The molecule has 0 aromatic carbocycles. The van der Waals surface area contributed by atoms with Crippen molar-refractivity contribution in [3.05, 3.63) is 0 Å². The first kappa shape index (κ1) is 13.4. The SMILES string of the molecule is CC1(C)CCC2(CC1)CN(C(=O)C1CCOCC1)C2. The van der Waals surface area contributed by atoms with E-state index in [-0.39, 0.29) is 5.92 Å². The third-order valence-electron chi connectivity index (χ3n) is 5.60. The molecule has 0 radical (unpaired) electrons. The second-order valence-corrected chi connectivity index (χ2v) is 7.75. The van der Waals surface area contributed by atoms with Crippen molar-refractivity contribution in [2.24, 2.45) is 16.7 Å². The molecule has 19 heavy (non-hydrogen) atoms. The van der Waals surface area contributed by atoms with E-state index in [4.69, 9.17) is 4.74 Å². The highest BCUT2D eigenvalue weighted by Crippen LogP contribution is 2.50. The van der Waals surface area contributed by atoms with Crippen LogP contribution in [-0.2, 0) is 9.53 Å². The van der Waals surface area contributed by atoms with Gasteiger partial charge in [-0.3, -0.25) is 4.79 Å². The van der Waals surface area contributed by atoms with Crippen molar-refractivity contribution < 1.29 is 9.53 Å². The fourth-order valence-corrected chi connectivity index (χ4v) is 3.90. The molecule has 3 aliphatic rings. The van der Waals surface area contributed by atoms with E-state index in [1.807, 2.05) is 0 Å². The van der Waals surface area contributed by atoms with Gasteiger partial charge in [0.05, 0.1) is 0 Å². The van der Waals surface area contributed by atoms with Crippen molar-refractivity contribution in [2.45, 2.75) is 52.4 Å². The number of ether oxygens (including phenoxy) is 1. The Hall–Kier alpha value is -0.570. The quantitative estimate of drug-likeness (QED) is 0.729. The number of carbonyl (C=O) groups is 1. The van der Waals surface area contributed by atoms with E-state index >= 15 is 0 Å². The molecule has 0 aromatic heterocycles. The molecule has 0 unspecified atom stereocenters. The van der Waals surface area contributed by atoms with Gasteiger partial charge >= 0.3 is 0 Å². The molecule has 0 atom stereocenters. The summed E-state index contributed by atoms with van der Waals surface area (Å²) in [7, 11) is 0. The summed E-state index contributed by atoms with van der Waals surface area (Å²) in [5.41, 5.74) is 1.01. The Morgan fingerprint density at radius 1 is 1.05 bits per heavy atom. The monoisotopic (exact) mass is 265 g/mol. The smallest absolute Gasteiger partial charge is 0.225 e. The van der Waals surface area contributed by atoms with Crippen molar-refractivity contribution in [1.82, 2.24) is 4.90 Å². The molecule has 2 saturated heterocycles. The van der Waals surface area contributed by atoms with Crippen LogP contribution in [0.3, 0.4) is 0 Å². The summed E-state index contributed by atoms with van der Waals surface area (Å²) in [6, 6.07) is 0. The van der Waals surface area contributed by atoms with Gasteiger partial charge in [-0.25, -0.2) is 0 Å². The Morgan fingerprint density at radius 3 is 2.21 bits per heavy atom. The van der Waals surface area contributed by atoms with Gasteiger partial charge in [0.1, 0.15) is 0 Å². The Bertz CT molecular complexity index is 340. The van der Waals surface area contributed by atoms with E-state index in [0.717, 1.165) is 39.1 Å². The lowest BCUT2D eigenvalue weighted by Crippen LogP contribution is -2.61. The van der Waals surface area contributed by atoms with Crippen LogP contribution in [0.25, 0.3) is 0 Å². The number of nitrogens with zero attached hydrogens (tertiary/aromatic N) is 1. The Balaban J connectivity index is 1.51. The van der Waals surface area contributed by atoms with E-state index in [1.165, 1.54) is 25.7 Å². The fraction of sp³-hybridized carbons (Fsp3) is 0.938. The molecule has 3 heteroatoms. The summed E-state index contributed by atoms with van der Waals surface area (Å²) in [4.78, 5) is 14.5. The summed E-state index contributed by atoms with van der Waals surface area (Å²) in [6.07, 6.45) is 7.14. The van der Waals surface area contributed by atoms with Crippen molar-refractivity contribution in [3.8, 4) is 0 Å². The molecular formula is C16H27NO2. The molecule has 0 N–H and O–H groups in total. The maximum absolute atomic E-state index is 12.4. The summed E-state index contributed by atoms with van der Waals surface area (Å²) >= 11 is 0. The summed E-state index contributed by atoms with van der Waals surface area (Å²) in [5, 5.41) is 0. The minimum Gasteiger partial charge on any atom is -0.381 e. The number of hydrogen-bond acceptors (Lipinski definition) is 2. The maximum Gasteiger partial charge on any atom is 0.225 e. The molecule has 0 aromatic rings. The number of likely N-dealkylation sites (tertiary alicyclic amines) is 1. The topological polar surface area (TPSA) is 29.5 Å². The normalized spacial score (nSPS) is 30.1. The zero-order valence-corrected chi connectivity index (χ0v) is 12.4. The van der Waals surface area contributed by atoms with Gasteiger partial charge in [-0.1, -0.05) is 13.8 Å².